The van der Waals surface area contributed by atoms with Crippen LogP contribution >= 0.6 is 0 Å². The summed E-state index contributed by atoms with van der Waals surface area (Å²) in [6.45, 7) is 0. The molecule has 0 spiro atoms. The van der Waals surface area contributed by atoms with Crippen molar-refractivity contribution in [2.75, 3.05) is 14.2 Å². The zero-order valence-electron chi connectivity index (χ0n) is 13.2. The van der Waals surface area contributed by atoms with Crippen molar-refractivity contribution in [3.05, 3.63) is 59.7 Å². The SMILES string of the molecule is COc1ccc(C(=O)Oc2ccc(C=CC(=O)O)cc2OC)cc1. The predicted octanol–water partition coefficient (Wildman–Crippen LogP) is 3.02. The molecule has 0 aromatic heterocycles. The van der Waals surface area contributed by atoms with E-state index in [-0.39, 0.29) is 5.75 Å². The monoisotopic (exact) mass is 328 g/mol. The molecule has 24 heavy (non-hydrogen) atoms. The first-order valence-corrected chi connectivity index (χ1v) is 6.98. The summed E-state index contributed by atoms with van der Waals surface area (Å²) in [5.74, 6) is -0.386. The van der Waals surface area contributed by atoms with Crippen LogP contribution in [0.4, 0.5) is 0 Å². The van der Waals surface area contributed by atoms with Crippen molar-refractivity contribution in [2.24, 2.45) is 0 Å². The van der Waals surface area contributed by atoms with Crippen LogP contribution in [0.15, 0.2) is 48.5 Å². The molecule has 0 unspecified atom stereocenters. The Hall–Kier alpha value is -3.28. The molecule has 2 rings (SSSR count). The third-order valence-electron chi connectivity index (χ3n) is 3.13. The van der Waals surface area contributed by atoms with E-state index in [2.05, 4.69) is 0 Å². The van der Waals surface area contributed by atoms with Crippen molar-refractivity contribution >= 4 is 18.0 Å². The van der Waals surface area contributed by atoms with Gasteiger partial charge in [-0.3, -0.25) is 0 Å². The topological polar surface area (TPSA) is 82.1 Å². The Balaban J connectivity index is 2.18. The predicted molar refractivity (Wildman–Crippen MR) is 87.6 cm³/mol. The van der Waals surface area contributed by atoms with Gasteiger partial charge in [-0.15, -0.1) is 0 Å². The number of carboxylic acid groups (broad SMARTS) is 1. The highest BCUT2D eigenvalue weighted by atomic mass is 16.6. The maximum absolute atomic E-state index is 12.2. The van der Waals surface area contributed by atoms with Crippen molar-refractivity contribution in [3.63, 3.8) is 0 Å². The van der Waals surface area contributed by atoms with E-state index in [0.717, 1.165) is 6.08 Å². The normalized spacial score (nSPS) is 10.4. The van der Waals surface area contributed by atoms with Gasteiger partial charge in [-0.05, 0) is 48.0 Å². The van der Waals surface area contributed by atoms with Gasteiger partial charge >= 0.3 is 11.9 Å². The van der Waals surface area contributed by atoms with Crippen LogP contribution in [0.5, 0.6) is 17.2 Å². The smallest absolute Gasteiger partial charge is 0.343 e. The van der Waals surface area contributed by atoms with E-state index in [1.807, 2.05) is 0 Å². The van der Waals surface area contributed by atoms with Gasteiger partial charge in [0.05, 0.1) is 19.8 Å². The van der Waals surface area contributed by atoms with Crippen LogP contribution in [0, 0.1) is 0 Å². The van der Waals surface area contributed by atoms with Gasteiger partial charge < -0.3 is 19.3 Å². The summed E-state index contributed by atoms with van der Waals surface area (Å²) >= 11 is 0. The molecule has 2 aromatic carbocycles. The van der Waals surface area contributed by atoms with Gasteiger partial charge in [0.25, 0.3) is 0 Å². The van der Waals surface area contributed by atoms with Crippen molar-refractivity contribution in [2.45, 2.75) is 0 Å². The molecule has 0 fully saturated rings. The lowest BCUT2D eigenvalue weighted by molar-refractivity contribution is -0.131. The van der Waals surface area contributed by atoms with Crippen LogP contribution < -0.4 is 14.2 Å². The molecule has 2 aromatic rings. The number of aliphatic carboxylic acids is 1. The average molecular weight is 328 g/mol. The first kappa shape index (κ1) is 17.1. The first-order chi connectivity index (χ1) is 11.5. The van der Waals surface area contributed by atoms with Crippen LogP contribution in [0.2, 0.25) is 0 Å². The van der Waals surface area contributed by atoms with E-state index in [0.29, 0.717) is 22.6 Å². The number of benzene rings is 2. The number of ether oxygens (including phenoxy) is 3. The molecule has 0 amide bonds. The van der Waals surface area contributed by atoms with Crippen LogP contribution in [0.1, 0.15) is 15.9 Å². The van der Waals surface area contributed by atoms with E-state index < -0.39 is 11.9 Å². The number of carboxylic acids is 1. The summed E-state index contributed by atoms with van der Waals surface area (Å²) in [6.07, 6.45) is 2.43. The van der Waals surface area contributed by atoms with Crippen molar-refractivity contribution in [3.8, 4) is 17.2 Å². The molecule has 1 N–H and O–H groups in total. The molecule has 0 bridgehead atoms. The minimum Gasteiger partial charge on any atom is -0.497 e. The maximum atomic E-state index is 12.2. The van der Waals surface area contributed by atoms with Crippen molar-refractivity contribution in [1.82, 2.24) is 0 Å². The third kappa shape index (κ3) is 4.36. The highest BCUT2D eigenvalue weighted by Gasteiger charge is 2.13. The quantitative estimate of drug-likeness (QED) is 0.499. The lowest BCUT2D eigenvalue weighted by Crippen LogP contribution is -2.09. The number of esters is 1. The number of carbonyl (C=O) groups excluding carboxylic acids is 1. The van der Waals surface area contributed by atoms with Crippen LogP contribution in [0.3, 0.4) is 0 Å². The Morgan fingerprint density at radius 2 is 1.67 bits per heavy atom. The van der Waals surface area contributed by atoms with Gasteiger partial charge in [0, 0.05) is 6.08 Å². The highest BCUT2D eigenvalue weighted by Crippen LogP contribution is 2.29. The Morgan fingerprint density at radius 3 is 2.25 bits per heavy atom. The number of hydrogen-bond acceptors (Lipinski definition) is 5. The summed E-state index contributed by atoms with van der Waals surface area (Å²) in [5.41, 5.74) is 0.978. The molecule has 0 heterocycles. The third-order valence-corrected chi connectivity index (χ3v) is 3.13. The Kier molecular flexibility index (Phi) is 5.57. The van der Waals surface area contributed by atoms with Crippen LogP contribution in [0.25, 0.3) is 6.08 Å². The second kappa shape index (κ2) is 7.82. The fourth-order valence-corrected chi connectivity index (χ4v) is 1.93. The minimum atomic E-state index is -1.05. The van der Waals surface area contributed by atoms with E-state index in [1.54, 1.807) is 49.6 Å². The molecule has 0 radical (unpaired) electrons. The Labute approximate surface area is 138 Å². The van der Waals surface area contributed by atoms with Crippen LogP contribution in [-0.2, 0) is 4.79 Å². The molecule has 6 nitrogen and oxygen atoms in total. The Morgan fingerprint density at radius 1 is 0.958 bits per heavy atom. The summed E-state index contributed by atoms with van der Waals surface area (Å²) in [7, 11) is 2.98. The van der Waals surface area contributed by atoms with Crippen molar-refractivity contribution < 1.29 is 28.9 Å². The van der Waals surface area contributed by atoms with E-state index >= 15 is 0 Å². The zero-order valence-corrected chi connectivity index (χ0v) is 13.2. The summed E-state index contributed by atoms with van der Waals surface area (Å²) in [6, 6.07) is 11.3. The van der Waals surface area contributed by atoms with Gasteiger partial charge in [0.15, 0.2) is 11.5 Å². The van der Waals surface area contributed by atoms with E-state index in [9.17, 15) is 9.59 Å². The molecular formula is C18H16O6. The maximum Gasteiger partial charge on any atom is 0.343 e. The van der Waals surface area contributed by atoms with E-state index in [4.69, 9.17) is 19.3 Å². The van der Waals surface area contributed by atoms with Gasteiger partial charge in [-0.2, -0.15) is 0 Å². The lowest BCUT2D eigenvalue weighted by Gasteiger charge is -2.10. The molecule has 0 saturated heterocycles. The van der Waals surface area contributed by atoms with Gasteiger partial charge in [0.1, 0.15) is 5.75 Å². The molecule has 0 atom stereocenters. The lowest BCUT2D eigenvalue weighted by atomic mass is 10.2. The molecule has 0 aliphatic rings. The minimum absolute atomic E-state index is 0.241. The number of hydrogen-bond donors (Lipinski definition) is 1. The number of carbonyl (C=O) groups is 2. The highest BCUT2D eigenvalue weighted by molar-refractivity contribution is 5.91. The molecular weight excluding hydrogens is 312 g/mol. The summed E-state index contributed by atoms with van der Waals surface area (Å²) in [4.78, 5) is 22.7. The van der Waals surface area contributed by atoms with Crippen LogP contribution in [-0.4, -0.2) is 31.3 Å². The first-order valence-electron chi connectivity index (χ1n) is 6.98. The van der Waals surface area contributed by atoms with Gasteiger partial charge in [0.2, 0.25) is 0 Å². The van der Waals surface area contributed by atoms with Gasteiger partial charge in [-0.1, -0.05) is 6.07 Å². The fraction of sp³-hybridized carbons (Fsp3) is 0.111. The Bertz CT molecular complexity index is 762. The second-order valence-corrected chi connectivity index (χ2v) is 4.70. The average Bonchev–Trinajstić information content (AvgIpc) is 2.60. The molecule has 6 heteroatoms. The largest absolute Gasteiger partial charge is 0.497 e. The second-order valence-electron chi connectivity index (χ2n) is 4.70. The van der Waals surface area contributed by atoms with E-state index in [1.165, 1.54) is 13.2 Å². The number of methoxy groups -OCH3 is 2. The molecule has 0 aliphatic heterocycles. The van der Waals surface area contributed by atoms with Gasteiger partial charge in [-0.25, -0.2) is 9.59 Å². The molecule has 124 valence electrons. The molecule has 0 aliphatic carbocycles. The fourth-order valence-electron chi connectivity index (χ4n) is 1.93. The standard InChI is InChI=1S/C18H16O6/c1-22-14-7-5-13(6-8-14)18(21)24-15-9-3-12(4-10-17(19)20)11-16(15)23-2/h3-11H,1-2H3,(H,19,20). The summed E-state index contributed by atoms with van der Waals surface area (Å²) < 4.78 is 15.6. The number of rotatable bonds is 6. The molecule has 0 saturated carbocycles. The zero-order chi connectivity index (χ0) is 17.5. The van der Waals surface area contributed by atoms with Crippen molar-refractivity contribution in [1.29, 1.82) is 0 Å². The summed E-state index contributed by atoms with van der Waals surface area (Å²) in [5, 5.41) is 8.64.